The second-order valence-electron chi connectivity index (χ2n) is 4.45. The van der Waals surface area contributed by atoms with Crippen LogP contribution in [0, 0.1) is 0 Å². The van der Waals surface area contributed by atoms with Gasteiger partial charge in [-0.05, 0) is 37.6 Å². The zero-order chi connectivity index (χ0) is 13.9. The van der Waals surface area contributed by atoms with Gasteiger partial charge >= 0.3 is 6.18 Å². The van der Waals surface area contributed by atoms with E-state index in [9.17, 15) is 13.2 Å². The molecule has 0 aliphatic carbocycles. The van der Waals surface area contributed by atoms with Crippen LogP contribution in [0.25, 0.3) is 0 Å². The van der Waals surface area contributed by atoms with Crippen molar-refractivity contribution in [3.05, 3.63) is 23.8 Å². The van der Waals surface area contributed by atoms with Gasteiger partial charge in [0.15, 0.2) is 0 Å². The van der Waals surface area contributed by atoms with E-state index in [1.54, 1.807) is 0 Å². The highest BCUT2D eigenvalue weighted by Crippen LogP contribution is 2.38. The molecule has 6 heteroatoms. The van der Waals surface area contributed by atoms with Crippen molar-refractivity contribution in [2.24, 2.45) is 0 Å². The summed E-state index contributed by atoms with van der Waals surface area (Å²) in [5, 5.41) is 3.15. The van der Waals surface area contributed by atoms with Crippen LogP contribution in [0.4, 0.5) is 13.2 Å². The number of benzene rings is 1. The van der Waals surface area contributed by atoms with Crippen LogP contribution in [-0.2, 0) is 6.18 Å². The number of methoxy groups -OCH3 is 1. The van der Waals surface area contributed by atoms with Gasteiger partial charge in [-0.2, -0.15) is 13.2 Å². The maximum atomic E-state index is 12.8. The van der Waals surface area contributed by atoms with Gasteiger partial charge in [0.25, 0.3) is 0 Å². The first-order chi connectivity index (χ1) is 9.00. The first-order valence-electron chi connectivity index (χ1n) is 6.13. The van der Waals surface area contributed by atoms with E-state index in [0.29, 0.717) is 6.54 Å². The van der Waals surface area contributed by atoms with E-state index in [4.69, 9.17) is 9.47 Å². The minimum absolute atomic E-state index is 0.0803. The van der Waals surface area contributed by atoms with Crippen LogP contribution in [0.2, 0.25) is 0 Å². The van der Waals surface area contributed by atoms with Crippen molar-refractivity contribution in [3.8, 4) is 11.5 Å². The van der Waals surface area contributed by atoms with E-state index in [1.165, 1.54) is 19.2 Å². The van der Waals surface area contributed by atoms with Crippen LogP contribution in [0.1, 0.15) is 18.4 Å². The molecule has 0 radical (unpaired) electrons. The summed E-state index contributed by atoms with van der Waals surface area (Å²) in [5.74, 6) is 0.0310. The first-order valence-corrected chi connectivity index (χ1v) is 6.13. The van der Waals surface area contributed by atoms with Crippen molar-refractivity contribution < 1.29 is 22.6 Å². The number of hydrogen-bond donors (Lipinski definition) is 1. The largest absolute Gasteiger partial charge is 0.496 e. The first kappa shape index (κ1) is 14.0. The topological polar surface area (TPSA) is 30.5 Å². The van der Waals surface area contributed by atoms with E-state index in [0.717, 1.165) is 25.5 Å². The Morgan fingerprint density at radius 1 is 1.32 bits per heavy atom. The monoisotopic (exact) mass is 275 g/mol. The van der Waals surface area contributed by atoms with Gasteiger partial charge in [0.2, 0.25) is 0 Å². The Morgan fingerprint density at radius 3 is 2.68 bits per heavy atom. The zero-order valence-electron chi connectivity index (χ0n) is 10.6. The third-order valence-corrected chi connectivity index (χ3v) is 3.03. The number of piperidine rings is 1. The van der Waals surface area contributed by atoms with E-state index >= 15 is 0 Å². The molecule has 1 atom stereocenters. The molecular formula is C13H16F3NO2. The van der Waals surface area contributed by atoms with Crippen LogP contribution < -0.4 is 14.8 Å². The number of halogens is 3. The van der Waals surface area contributed by atoms with Gasteiger partial charge in [0, 0.05) is 6.54 Å². The maximum Gasteiger partial charge on any atom is 0.420 e. The smallest absolute Gasteiger partial charge is 0.420 e. The predicted octanol–water partition coefficient (Wildman–Crippen LogP) is 2.84. The molecule has 1 saturated heterocycles. The molecular weight excluding hydrogens is 259 g/mol. The van der Waals surface area contributed by atoms with Gasteiger partial charge in [0.05, 0.1) is 7.11 Å². The average Bonchev–Trinajstić information content (AvgIpc) is 2.39. The summed E-state index contributed by atoms with van der Waals surface area (Å²) >= 11 is 0. The number of hydrogen-bond acceptors (Lipinski definition) is 3. The lowest BCUT2D eigenvalue weighted by Gasteiger charge is -2.24. The Balaban J connectivity index is 2.17. The Labute approximate surface area is 109 Å². The van der Waals surface area contributed by atoms with Gasteiger partial charge in [-0.1, -0.05) is 0 Å². The molecule has 1 N–H and O–H groups in total. The highest BCUT2D eigenvalue weighted by molar-refractivity contribution is 5.42. The van der Waals surface area contributed by atoms with Crippen molar-refractivity contribution in [1.29, 1.82) is 0 Å². The third-order valence-electron chi connectivity index (χ3n) is 3.03. The number of nitrogens with one attached hydrogen (secondary N) is 1. The SMILES string of the molecule is COc1ccc(OC2CCCNC2)cc1C(F)(F)F. The van der Waals surface area contributed by atoms with Crippen molar-refractivity contribution >= 4 is 0 Å². The summed E-state index contributed by atoms with van der Waals surface area (Å²) in [6.45, 7) is 1.59. The molecule has 2 rings (SSSR count). The summed E-state index contributed by atoms with van der Waals surface area (Å²) < 4.78 is 48.8. The fraction of sp³-hybridized carbons (Fsp3) is 0.538. The lowest BCUT2D eigenvalue weighted by Crippen LogP contribution is -2.37. The van der Waals surface area contributed by atoms with Gasteiger partial charge in [-0.15, -0.1) is 0 Å². The van der Waals surface area contributed by atoms with E-state index in [1.807, 2.05) is 0 Å². The number of ether oxygens (including phenoxy) is 2. The Bertz CT molecular complexity index is 428. The van der Waals surface area contributed by atoms with Crippen molar-refractivity contribution in [2.45, 2.75) is 25.1 Å². The quantitative estimate of drug-likeness (QED) is 0.920. The third kappa shape index (κ3) is 3.53. The molecule has 19 heavy (non-hydrogen) atoms. The normalized spacial score (nSPS) is 20.1. The van der Waals surface area contributed by atoms with Crippen molar-refractivity contribution in [1.82, 2.24) is 5.32 Å². The fourth-order valence-electron chi connectivity index (χ4n) is 2.09. The maximum absolute atomic E-state index is 12.8. The van der Waals surface area contributed by atoms with Crippen LogP contribution in [-0.4, -0.2) is 26.3 Å². The Morgan fingerprint density at radius 2 is 2.11 bits per heavy atom. The molecule has 3 nitrogen and oxygen atoms in total. The second-order valence-corrected chi connectivity index (χ2v) is 4.45. The molecule has 0 saturated carbocycles. The summed E-state index contributed by atoms with van der Waals surface area (Å²) in [6, 6.07) is 3.78. The predicted molar refractivity (Wildman–Crippen MR) is 64.5 cm³/mol. The second kappa shape index (κ2) is 5.69. The molecule has 0 aromatic heterocycles. The van der Waals surface area contributed by atoms with E-state index in [2.05, 4.69) is 5.32 Å². The molecule has 106 valence electrons. The van der Waals surface area contributed by atoms with Crippen LogP contribution >= 0.6 is 0 Å². The van der Waals surface area contributed by atoms with Crippen LogP contribution in [0.15, 0.2) is 18.2 Å². The van der Waals surface area contributed by atoms with Crippen molar-refractivity contribution in [3.63, 3.8) is 0 Å². The minimum atomic E-state index is -4.45. The summed E-state index contributed by atoms with van der Waals surface area (Å²) in [7, 11) is 1.22. The standard InChI is InChI=1S/C13H16F3NO2/c1-18-12-5-4-9(7-11(12)13(14,15)16)19-10-3-2-6-17-8-10/h4-5,7,10,17H,2-3,6,8H2,1H3. The van der Waals surface area contributed by atoms with Gasteiger partial charge < -0.3 is 14.8 Å². The summed E-state index contributed by atoms with van der Waals surface area (Å²) in [4.78, 5) is 0. The Kier molecular flexibility index (Phi) is 4.19. The zero-order valence-corrected chi connectivity index (χ0v) is 10.6. The van der Waals surface area contributed by atoms with E-state index in [-0.39, 0.29) is 17.6 Å². The fourth-order valence-corrected chi connectivity index (χ4v) is 2.09. The molecule has 1 aliphatic rings. The molecule has 1 aliphatic heterocycles. The minimum Gasteiger partial charge on any atom is -0.496 e. The van der Waals surface area contributed by atoms with Gasteiger partial charge in [-0.3, -0.25) is 0 Å². The lowest BCUT2D eigenvalue weighted by atomic mass is 10.1. The van der Waals surface area contributed by atoms with E-state index < -0.39 is 11.7 Å². The average molecular weight is 275 g/mol. The molecule has 1 aromatic rings. The molecule has 1 fully saturated rings. The highest BCUT2D eigenvalue weighted by Gasteiger charge is 2.35. The molecule has 1 aromatic carbocycles. The summed E-state index contributed by atoms with van der Waals surface area (Å²) in [6.07, 6.45) is -2.72. The highest BCUT2D eigenvalue weighted by atomic mass is 19.4. The molecule has 0 amide bonds. The lowest BCUT2D eigenvalue weighted by molar-refractivity contribution is -0.138. The molecule has 0 spiro atoms. The van der Waals surface area contributed by atoms with Crippen molar-refractivity contribution in [2.75, 3.05) is 20.2 Å². The molecule has 0 bridgehead atoms. The van der Waals surface area contributed by atoms with Gasteiger partial charge in [0.1, 0.15) is 23.2 Å². The molecule has 1 unspecified atom stereocenters. The summed E-state index contributed by atoms with van der Waals surface area (Å²) in [5.41, 5.74) is -0.809. The Hall–Kier alpha value is -1.43. The van der Waals surface area contributed by atoms with Crippen LogP contribution in [0.3, 0.4) is 0 Å². The van der Waals surface area contributed by atoms with Crippen LogP contribution in [0.5, 0.6) is 11.5 Å². The number of rotatable bonds is 3. The number of alkyl halides is 3. The molecule has 1 heterocycles. The van der Waals surface area contributed by atoms with Gasteiger partial charge in [-0.25, -0.2) is 0 Å².